The Hall–Kier alpha value is -1.23. The van der Waals surface area contributed by atoms with Crippen molar-refractivity contribution in [2.45, 2.75) is 6.85 Å². The normalized spacial score (nSPS) is 16.8. The molecule has 5 heteroatoms. The van der Waals surface area contributed by atoms with Crippen LogP contribution in [0.4, 0.5) is 0 Å². The Kier molecular flexibility index (Phi) is 1.08. The van der Waals surface area contributed by atoms with Crippen molar-refractivity contribution in [3.63, 3.8) is 0 Å². The SMILES string of the molecule is [2H]c1nc(Br)c([2H])n1-c1cncc(C([2H])([2H])[2H])n1. The van der Waals surface area contributed by atoms with Crippen LogP contribution >= 0.6 is 15.9 Å². The molecule has 0 radical (unpaired) electrons. The van der Waals surface area contributed by atoms with Gasteiger partial charge in [0.05, 0.1) is 13.3 Å². The lowest BCUT2D eigenvalue weighted by Gasteiger charge is -1.99. The minimum absolute atomic E-state index is 0.0804. The van der Waals surface area contributed by atoms with Crippen LogP contribution in [0.25, 0.3) is 5.82 Å². The van der Waals surface area contributed by atoms with Gasteiger partial charge in [0, 0.05) is 16.5 Å². The van der Waals surface area contributed by atoms with Crippen molar-refractivity contribution in [2.75, 3.05) is 0 Å². The summed E-state index contributed by atoms with van der Waals surface area (Å²) >= 11 is 3.02. The van der Waals surface area contributed by atoms with Crippen molar-refractivity contribution in [1.82, 2.24) is 19.5 Å². The predicted octanol–water partition coefficient (Wildman–Crippen LogP) is 1.73. The van der Waals surface area contributed by atoms with Crippen LogP contribution in [-0.4, -0.2) is 19.5 Å². The van der Waals surface area contributed by atoms with Gasteiger partial charge in [-0.3, -0.25) is 9.55 Å². The van der Waals surface area contributed by atoms with Crippen LogP contribution in [0.5, 0.6) is 0 Å². The molecule has 13 heavy (non-hydrogen) atoms. The maximum absolute atomic E-state index is 7.71. The van der Waals surface area contributed by atoms with Crippen molar-refractivity contribution in [2.24, 2.45) is 0 Å². The summed E-state index contributed by atoms with van der Waals surface area (Å²) in [6.07, 6.45) is 2.11. The highest BCUT2D eigenvalue weighted by Gasteiger charge is 1.99. The molecule has 4 nitrogen and oxygen atoms in total. The van der Waals surface area contributed by atoms with Crippen LogP contribution in [-0.2, 0) is 0 Å². The van der Waals surface area contributed by atoms with Gasteiger partial charge in [0.1, 0.15) is 12.3 Å². The minimum Gasteiger partial charge on any atom is -0.288 e. The third kappa shape index (κ3) is 1.75. The lowest BCUT2D eigenvalue weighted by molar-refractivity contribution is 0.949. The number of nitrogens with zero attached hydrogens (tertiary/aromatic N) is 4. The zero-order chi connectivity index (χ0) is 13.5. The molecule has 0 amide bonds. The highest BCUT2D eigenvalue weighted by Crippen LogP contribution is 2.09. The fourth-order valence-electron chi connectivity index (χ4n) is 0.808. The van der Waals surface area contributed by atoms with Crippen LogP contribution in [0.2, 0.25) is 0 Å². The number of imidazole rings is 1. The zero-order valence-corrected chi connectivity index (χ0v) is 7.91. The molecule has 0 N–H and O–H groups in total. The van der Waals surface area contributed by atoms with E-state index in [0.29, 0.717) is 0 Å². The van der Waals surface area contributed by atoms with Crippen molar-refractivity contribution in [1.29, 1.82) is 0 Å². The second kappa shape index (κ2) is 3.26. The number of aromatic nitrogens is 4. The van der Waals surface area contributed by atoms with E-state index in [9.17, 15) is 0 Å². The second-order valence-electron chi connectivity index (χ2n) is 2.21. The molecular formula is C8H7BrN4. The molecule has 2 heterocycles. The summed E-state index contributed by atoms with van der Waals surface area (Å²) in [6.45, 7) is -2.38. The molecule has 0 spiro atoms. The van der Waals surface area contributed by atoms with Crippen molar-refractivity contribution < 1.29 is 6.85 Å². The van der Waals surface area contributed by atoms with Gasteiger partial charge in [0.2, 0.25) is 0 Å². The number of rotatable bonds is 1. The van der Waals surface area contributed by atoms with Crippen LogP contribution in [0.3, 0.4) is 0 Å². The Labute approximate surface area is 90.8 Å². The third-order valence-electron chi connectivity index (χ3n) is 1.30. The monoisotopic (exact) mass is 243 g/mol. The molecule has 0 saturated carbocycles. The second-order valence-corrected chi connectivity index (χ2v) is 2.96. The van der Waals surface area contributed by atoms with Crippen molar-refractivity contribution >= 4 is 15.9 Å². The summed E-state index contributed by atoms with van der Waals surface area (Å²) in [4.78, 5) is 11.4. The molecule has 0 fully saturated rings. The molecule has 0 bridgehead atoms. The van der Waals surface area contributed by atoms with Gasteiger partial charge in [-0.1, -0.05) is 0 Å². The van der Waals surface area contributed by atoms with Gasteiger partial charge in [-0.2, -0.15) is 0 Å². The Morgan fingerprint density at radius 3 is 3.23 bits per heavy atom. The Morgan fingerprint density at radius 1 is 1.62 bits per heavy atom. The molecular weight excluding hydrogens is 232 g/mol. The first-order chi connectivity index (χ1) is 8.30. The van der Waals surface area contributed by atoms with E-state index in [4.69, 9.17) is 6.85 Å². The summed E-state index contributed by atoms with van der Waals surface area (Å²) in [6, 6.07) is 0. The summed E-state index contributed by atoms with van der Waals surface area (Å²) in [5.74, 6) is 0.0804. The van der Waals surface area contributed by atoms with E-state index in [1.165, 1.54) is 6.20 Å². The molecule has 0 atom stereocenters. The average Bonchev–Trinajstić information content (AvgIpc) is 2.52. The van der Waals surface area contributed by atoms with Gasteiger partial charge >= 0.3 is 0 Å². The average molecular weight is 244 g/mol. The molecule has 0 aliphatic heterocycles. The highest BCUT2D eigenvalue weighted by molar-refractivity contribution is 9.10. The molecule has 2 aromatic heterocycles. The molecule has 0 aliphatic rings. The van der Waals surface area contributed by atoms with E-state index in [2.05, 4.69) is 30.9 Å². The smallest absolute Gasteiger partial charge is 0.156 e. The van der Waals surface area contributed by atoms with E-state index in [-0.39, 0.29) is 28.6 Å². The van der Waals surface area contributed by atoms with Crippen LogP contribution in [0.15, 0.2) is 29.5 Å². The molecule has 2 aromatic rings. The topological polar surface area (TPSA) is 43.6 Å². The maximum atomic E-state index is 7.71. The van der Waals surface area contributed by atoms with E-state index >= 15 is 0 Å². The number of halogens is 1. The fourth-order valence-corrected chi connectivity index (χ4v) is 1.06. The number of hydrogen-bond donors (Lipinski definition) is 0. The molecule has 66 valence electrons. The Bertz CT molecular complexity index is 594. The number of aryl methyl sites for hydroxylation is 1. The van der Waals surface area contributed by atoms with Gasteiger partial charge < -0.3 is 0 Å². The van der Waals surface area contributed by atoms with Crippen LogP contribution in [0.1, 0.15) is 12.5 Å². The third-order valence-corrected chi connectivity index (χ3v) is 1.66. The van der Waals surface area contributed by atoms with Crippen LogP contribution < -0.4 is 0 Å². The maximum Gasteiger partial charge on any atom is 0.156 e. The lowest BCUT2D eigenvalue weighted by Crippen LogP contribution is -1.96. The van der Waals surface area contributed by atoms with Gasteiger partial charge in [0.25, 0.3) is 0 Å². The standard InChI is InChI=1S/C8H7BrN4/c1-6-2-10-3-8(12-6)13-4-7(9)11-5-13/h2-5H,1H3/i1D3,4D,5D. The van der Waals surface area contributed by atoms with Gasteiger partial charge in [-0.25, -0.2) is 9.97 Å². The fraction of sp³-hybridized carbons (Fsp3) is 0.125. The van der Waals surface area contributed by atoms with Crippen molar-refractivity contribution in [3.8, 4) is 5.82 Å². The van der Waals surface area contributed by atoms with Gasteiger partial charge in [-0.15, -0.1) is 0 Å². The zero-order valence-electron chi connectivity index (χ0n) is 11.3. The number of hydrogen-bond acceptors (Lipinski definition) is 3. The van der Waals surface area contributed by atoms with Gasteiger partial charge in [-0.05, 0) is 22.8 Å². The van der Waals surface area contributed by atoms with E-state index < -0.39 is 6.85 Å². The van der Waals surface area contributed by atoms with E-state index in [1.54, 1.807) is 0 Å². The summed E-state index contributed by atoms with van der Waals surface area (Å²) < 4.78 is 38.3. The Morgan fingerprint density at radius 2 is 2.54 bits per heavy atom. The molecule has 0 aliphatic carbocycles. The van der Waals surface area contributed by atoms with Crippen molar-refractivity contribution in [3.05, 3.63) is 35.2 Å². The highest BCUT2D eigenvalue weighted by atomic mass is 79.9. The molecule has 0 saturated heterocycles. The van der Waals surface area contributed by atoms with E-state index in [1.807, 2.05) is 0 Å². The first-order valence-corrected chi connectivity index (χ1v) is 4.14. The van der Waals surface area contributed by atoms with Gasteiger partial charge in [0.15, 0.2) is 5.82 Å². The quantitative estimate of drug-likeness (QED) is 0.767. The predicted molar refractivity (Wildman–Crippen MR) is 51.6 cm³/mol. The first kappa shape index (κ1) is 4.32. The van der Waals surface area contributed by atoms with Crippen LogP contribution in [0, 0.1) is 6.85 Å². The molecule has 0 aromatic carbocycles. The first-order valence-electron chi connectivity index (χ1n) is 5.85. The summed E-state index contributed by atoms with van der Waals surface area (Å²) in [5, 5.41) is 0. The lowest BCUT2D eigenvalue weighted by atomic mass is 10.5. The summed E-state index contributed by atoms with van der Waals surface area (Å²) in [5.41, 5.74) is -0.191. The minimum atomic E-state index is -2.38. The largest absolute Gasteiger partial charge is 0.288 e. The summed E-state index contributed by atoms with van der Waals surface area (Å²) in [7, 11) is 0. The Balaban J connectivity index is 2.58. The van der Waals surface area contributed by atoms with E-state index in [0.717, 1.165) is 10.8 Å². The molecule has 0 unspecified atom stereocenters. The molecule has 2 rings (SSSR count).